The molecule has 1 aliphatic rings. The molecule has 1 aromatic heterocycles. The maximum absolute atomic E-state index is 12.8. The highest BCUT2D eigenvalue weighted by atomic mass is 16.2. The fourth-order valence-electron chi connectivity index (χ4n) is 2.97. The summed E-state index contributed by atoms with van der Waals surface area (Å²) in [6.07, 6.45) is 1.86. The summed E-state index contributed by atoms with van der Waals surface area (Å²) in [7, 11) is 3.48. The number of hydrogen-bond acceptors (Lipinski definition) is 4. The van der Waals surface area contributed by atoms with Crippen LogP contribution in [0.3, 0.4) is 0 Å². The van der Waals surface area contributed by atoms with Crippen LogP contribution in [-0.4, -0.2) is 30.5 Å². The van der Waals surface area contributed by atoms with Crippen molar-refractivity contribution in [2.24, 2.45) is 0 Å². The highest BCUT2D eigenvalue weighted by molar-refractivity contribution is 6.05. The molecule has 1 N–H and O–H groups in total. The molecule has 0 spiro atoms. The van der Waals surface area contributed by atoms with Gasteiger partial charge in [-0.3, -0.25) is 14.4 Å². The number of amides is 1. The van der Waals surface area contributed by atoms with Gasteiger partial charge in [-0.25, -0.2) is 4.68 Å². The van der Waals surface area contributed by atoms with Gasteiger partial charge in [-0.15, -0.1) is 0 Å². The van der Waals surface area contributed by atoms with Crippen molar-refractivity contribution in [3.05, 3.63) is 63.6 Å². The summed E-state index contributed by atoms with van der Waals surface area (Å²) in [4.78, 5) is 37.3. The summed E-state index contributed by atoms with van der Waals surface area (Å²) >= 11 is 0. The van der Waals surface area contributed by atoms with Gasteiger partial charge >= 0.3 is 0 Å². The Morgan fingerprint density at radius 3 is 2.50 bits per heavy atom. The second-order valence-electron chi connectivity index (χ2n) is 5.98. The predicted molar refractivity (Wildman–Crippen MR) is 92.4 cm³/mol. The van der Waals surface area contributed by atoms with Gasteiger partial charge in [-0.05, 0) is 31.0 Å². The maximum atomic E-state index is 12.8. The Morgan fingerprint density at radius 2 is 1.83 bits per heavy atom. The molecule has 0 bridgehead atoms. The molecule has 2 aromatic rings. The number of carbonyl (C=O) groups is 2. The van der Waals surface area contributed by atoms with E-state index in [-0.39, 0.29) is 22.9 Å². The molecule has 1 heterocycles. The van der Waals surface area contributed by atoms with Crippen LogP contribution in [0.4, 0.5) is 5.69 Å². The molecule has 1 amide bonds. The molecule has 0 atom stereocenters. The van der Waals surface area contributed by atoms with E-state index in [0.29, 0.717) is 29.7 Å². The van der Waals surface area contributed by atoms with E-state index in [4.69, 9.17) is 0 Å². The lowest BCUT2D eigenvalue weighted by Gasteiger charge is -2.26. The zero-order chi connectivity index (χ0) is 17.3. The van der Waals surface area contributed by atoms with E-state index >= 15 is 0 Å². The molecule has 1 aliphatic carbocycles. The first-order valence-corrected chi connectivity index (χ1v) is 7.85. The Hall–Kier alpha value is -2.89. The average Bonchev–Trinajstić information content (AvgIpc) is 2.56. The number of carbonyl (C=O) groups excluding carboxylic acids is 2. The van der Waals surface area contributed by atoms with Gasteiger partial charge in [-0.2, -0.15) is 0 Å². The van der Waals surface area contributed by atoms with Crippen molar-refractivity contribution in [2.45, 2.75) is 19.3 Å². The largest absolute Gasteiger partial charge is 0.317 e. The molecule has 0 unspecified atom stereocenters. The maximum Gasteiger partial charge on any atom is 0.293 e. The van der Waals surface area contributed by atoms with Crippen molar-refractivity contribution >= 4 is 17.4 Å². The zero-order valence-electron chi connectivity index (χ0n) is 13.7. The number of ketones is 1. The molecule has 6 heteroatoms. The minimum absolute atomic E-state index is 0.00191. The number of fused-ring (bicyclic) bond motifs is 1. The Kier molecular flexibility index (Phi) is 4.20. The lowest BCUT2D eigenvalue weighted by Crippen LogP contribution is -2.41. The molecule has 0 aliphatic heterocycles. The molecule has 124 valence electrons. The third-order valence-corrected chi connectivity index (χ3v) is 4.08. The number of benzene rings is 1. The second-order valence-corrected chi connectivity index (χ2v) is 5.98. The number of hydrogen-bond donors (Lipinski definition) is 1. The zero-order valence-corrected chi connectivity index (χ0v) is 13.7. The normalized spacial score (nSPS) is 13.3. The van der Waals surface area contributed by atoms with Crippen molar-refractivity contribution < 1.29 is 9.59 Å². The second kappa shape index (κ2) is 6.31. The number of aromatic nitrogens is 1. The first-order valence-electron chi connectivity index (χ1n) is 7.85. The number of rotatable bonds is 3. The van der Waals surface area contributed by atoms with Crippen LogP contribution in [0.5, 0.6) is 0 Å². The van der Waals surface area contributed by atoms with Gasteiger partial charge in [0.2, 0.25) is 0 Å². The molecule has 0 radical (unpaired) electrons. The summed E-state index contributed by atoms with van der Waals surface area (Å²) < 4.78 is 1.47. The monoisotopic (exact) mass is 325 g/mol. The fraction of sp³-hybridized carbons (Fsp3) is 0.278. The molecular formula is C18H19N3O3. The van der Waals surface area contributed by atoms with E-state index < -0.39 is 0 Å². The number of Topliss-reactive ketones (excluding diaryl/α,β-unsaturated/α-hetero) is 1. The molecular weight excluding hydrogens is 306 g/mol. The first kappa shape index (κ1) is 16.0. The fourth-order valence-corrected chi connectivity index (χ4v) is 2.97. The Labute approximate surface area is 139 Å². The van der Waals surface area contributed by atoms with Crippen molar-refractivity contribution in [3.63, 3.8) is 0 Å². The van der Waals surface area contributed by atoms with E-state index in [1.165, 1.54) is 10.7 Å². The number of pyridine rings is 1. The van der Waals surface area contributed by atoms with Crippen LogP contribution in [0.1, 0.15) is 39.3 Å². The highest BCUT2D eigenvalue weighted by Crippen LogP contribution is 2.22. The van der Waals surface area contributed by atoms with Gasteiger partial charge in [0.15, 0.2) is 5.78 Å². The highest BCUT2D eigenvalue weighted by Gasteiger charge is 2.24. The minimum atomic E-state index is -0.374. The van der Waals surface area contributed by atoms with Crippen molar-refractivity contribution in [3.8, 4) is 0 Å². The lowest BCUT2D eigenvalue weighted by atomic mass is 9.94. The summed E-state index contributed by atoms with van der Waals surface area (Å²) in [5.41, 5.74) is 1.46. The summed E-state index contributed by atoms with van der Waals surface area (Å²) in [5, 5.41) is 4.28. The van der Waals surface area contributed by atoms with Gasteiger partial charge in [0.1, 0.15) is 5.69 Å². The third kappa shape index (κ3) is 2.82. The molecule has 0 saturated heterocycles. The van der Waals surface area contributed by atoms with Gasteiger partial charge in [0, 0.05) is 31.6 Å². The van der Waals surface area contributed by atoms with Gasteiger partial charge in [0.05, 0.1) is 5.69 Å². The average molecular weight is 325 g/mol. The van der Waals surface area contributed by atoms with Crippen molar-refractivity contribution in [1.29, 1.82) is 0 Å². The van der Waals surface area contributed by atoms with Crippen LogP contribution >= 0.6 is 0 Å². The summed E-state index contributed by atoms with van der Waals surface area (Å²) in [6.45, 7) is 0. The van der Waals surface area contributed by atoms with Gasteiger partial charge in [0.25, 0.3) is 11.5 Å². The van der Waals surface area contributed by atoms with Crippen molar-refractivity contribution in [2.75, 3.05) is 24.4 Å². The van der Waals surface area contributed by atoms with E-state index in [1.807, 2.05) is 6.07 Å². The molecule has 24 heavy (non-hydrogen) atoms. The quantitative estimate of drug-likeness (QED) is 0.934. The van der Waals surface area contributed by atoms with E-state index in [1.54, 1.807) is 43.4 Å². The lowest BCUT2D eigenvalue weighted by molar-refractivity contribution is 0.0968. The molecule has 0 saturated carbocycles. The number of anilines is 1. The van der Waals surface area contributed by atoms with Gasteiger partial charge in [-0.1, -0.05) is 18.2 Å². The first-order chi connectivity index (χ1) is 11.5. The molecule has 3 rings (SSSR count). The van der Waals surface area contributed by atoms with E-state index in [0.717, 1.165) is 6.42 Å². The Morgan fingerprint density at radius 1 is 1.12 bits per heavy atom. The topological polar surface area (TPSA) is 71.4 Å². The SMILES string of the molecule is CN(C)n1c2c(cc(NC(=O)c3ccccc3)c1=O)C(=O)CCC2. The van der Waals surface area contributed by atoms with Gasteiger partial charge < -0.3 is 10.3 Å². The van der Waals surface area contributed by atoms with Crippen LogP contribution in [0.15, 0.2) is 41.2 Å². The van der Waals surface area contributed by atoms with Crippen LogP contribution in [0, 0.1) is 0 Å². The summed E-state index contributed by atoms with van der Waals surface area (Å²) in [6, 6.07) is 10.2. The predicted octanol–water partition coefficient (Wildman–Crippen LogP) is 1.82. The van der Waals surface area contributed by atoms with E-state index in [9.17, 15) is 14.4 Å². The standard InChI is InChI=1S/C18H19N3O3/c1-20(2)21-15-9-6-10-16(22)13(15)11-14(18(21)24)19-17(23)12-7-4-3-5-8-12/h3-5,7-8,11H,6,9-10H2,1-2H3,(H,19,23). The Balaban J connectivity index is 2.07. The molecule has 0 fully saturated rings. The molecule has 1 aromatic carbocycles. The third-order valence-electron chi connectivity index (χ3n) is 4.08. The van der Waals surface area contributed by atoms with Crippen LogP contribution in [0.2, 0.25) is 0 Å². The Bertz CT molecular complexity index is 854. The summed E-state index contributed by atoms with van der Waals surface area (Å²) in [5.74, 6) is -0.372. The minimum Gasteiger partial charge on any atom is -0.317 e. The smallest absolute Gasteiger partial charge is 0.293 e. The van der Waals surface area contributed by atoms with Crippen LogP contribution in [-0.2, 0) is 6.42 Å². The van der Waals surface area contributed by atoms with Crippen molar-refractivity contribution in [1.82, 2.24) is 4.68 Å². The number of nitrogens with zero attached hydrogens (tertiary/aromatic N) is 2. The molecule has 6 nitrogen and oxygen atoms in total. The number of nitrogens with one attached hydrogen (secondary N) is 1. The van der Waals surface area contributed by atoms with Crippen LogP contribution < -0.4 is 15.9 Å². The van der Waals surface area contributed by atoms with Crippen LogP contribution in [0.25, 0.3) is 0 Å². The van der Waals surface area contributed by atoms with E-state index in [2.05, 4.69) is 5.32 Å².